The first-order valence-electron chi connectivity index (χ1n) is 18.5. The zero-order valence-corrected chi connectivity index (χ0v) is 29.7. The maximum atomic E-state index is 10.8. The van der Waals surface area contributed by atoms with Gasteiger partial charge in [-0.3, -0.25) is 0 Å². The molecule has 258 valence electrons. The zero-order chi connectivity index (χ0) is 37.1. The Morgan fingerprint density at radius 2 is 0.982 bits per heavy atom. The van der Waals surface area contributed by atoms with Gasteiger partial charge in [-0.2, -0.15) is 5.26 Å². The molecule has 6 nitrogen and oxygen atoms in total. The summed E-state index contributed by atoms with van der Waals surface area (Å²) in [5.74, 6) is 0. The Kier molecular flexibility index (Phi) is 6.10. The lowest BCUT2D eigenvalue weighted by Gasteiger charge is -2.16. The largest absolute Gasteiger partial charge is 0.455 e. The molecular formula is C50H27N5O. The van der Waals surface area contributed by atoms with Crippen molar-refractivity contribution in [3.8, 4) is 23.1 Å². The van der Waals surface area contributed by atoms with E-state index in [4.69, 9.17) is 11.0 Å². The van der Waals surface area contributed by atoms with Gasteiger partial charge in [0.15, 0.2) is 0 Å². The highest BCUT2D eigenvalue weighted by atomic mass is 16.3. The van der Waals surface area contributed by atoms with Crippen LogP contribution in [0, 0.1) is 17.9 Å². The van der Waals surface area contributed by atoms with Crippen LogP contribution in [0.4, 0.5) is 5.69 Å². The van der Waals surface area contributed by atoms with Gasteiger partial charge in [-0.1, -0.05) is 91.0 Å². The first-order chi connectivity index (χ1) is 27.7. The Hall–Kier alpha value is -8.06. The monoisotopic (exact) mass is 713 g/mol. The molecule has 4 aromatic heterocycles. The van der Waals surface area contributed by atoms with Crippen molar-refractivity contribution in [2.24, 2.45) is 0 Å². The van der Waals surface area contributed by atoms with Crippen LogP contribution in [0.3, 0.4) is 0 Å². The van der Waals surface area contributed by atoms with Crippen molar-refractivity contribution in [3.63, 3.8) is 0 Å². The van der Waals surface area contributed by atoms with Crippen molar-refractivity contribution in [2.75, 3.05) is 0 Å². The van der Waals surface area contributed by atoms with Crippen molar-refractivity contribution >= 4 is 93.0 Å². The molecular weight excluding hydrogens is 687 g/mol. The summed E-state index contributed by atoms with van der Waals surface area (Å²) in [6, 6.07) is 58.9. The average Bonchev–Trinajstić information content (AvgIpc) is 3.99. The molecule has 0 spiro atoms. The van der Waals surface area contributed by atoms with Gasteiger partial charge in [0, 0.05) is 43.4 Å². The fourth-order valence-corrected chi connectivity index (χ4v) is 9.16. The summed E-state index contributed by atoms with van der Waals surface area (Å²) in [6.07, 6.45) is 0. The molecule has 0 bridgehead atoms. The van der Waals surface area contributed by atoms with E-state index in [0.717, 1.165) is 82.3 Å². The van der Waals surface area contributed by atoms with Crippen molar-refractivity contribution in [1.82, 2.24) is 13.7 Å². The van der Waals surface area contributed by atoms with Gasteiger partial charge in [-0.25, -0.2) is 4.85 Å². The van der Waals surface area contributed by atoms with Crippen molar-refractivity contribution < 1.29 is 4.42 Å². The van der Waals surface area contributed by atoms with E-state index in [1.807, 2.05) is 48.5 Å². The van der Waals surface area contributed by atoms with E-state index in [1.165, 1.54) is 10.8 Å². The SMILES string of the molecule is [C-]#[N+]c1cc(C#N)c(-n2c3ccc(-n4c5ccccc5c5ccccc54)cc3c3c4oc5ccccc5c4ccc32)cc1-n1c2ccccc2c2ccccc21. The molecule has 56 heavy (non-hydrogen) atoms. The molecule has 0 saturated heterocycles. The average molecular weight is 714 g/mol. The number of hydrogen-bond acceptors (Lipinski definition) is 2. The van der Waals surface area contributed by atoms with E-state index in [-0.39, 0.29) is 0 Å². The second kappa shape index (κ2) is 11.2. The van der Waals surface area contributed by atoms with Gasteiger partial charge in [-0.05, 0) is 72.8 Å². The fraction of sp³-hybridized carbons (Fsp3) is 0. The van der Waals surface area contributed by atoms with Crippen LogP contribution in [0.15, 0.2) is 168 Å². The number of furan rings is 1. The zero-order valence-electron chi connectivity index (χ0n) is 29.7. The highest BCUT2D eigenvalue weighted by Crippen LogP contribution is 2.44. The Morgan fingerprint density at radius 3 is 1.59 bits per heavy atom. The Balaban J connectivity index is 1.22. The Labute approximate surface area is 319 Å². The maximum absolute atomic E-state index is 10.8. The molecule has 0 atom stereocenters. The minimum absolute atomic E-state index is 0.408. The quantitative estimate of drug-likeness (QED) is 0.171. The van der Waals surface area contributed by atoms with Gasteiger partial charge in [0.05, 0.1) is 68.1 Å². The first-order valence-corrected chi connectivity index (χ1v) is 18.5. The summed E-state index contributed by atoms with van der Waals surface area (Å²) < 4.78 is 13.4. The van der Waals surface area contributed by atoms with E-state index in [2.05, 4.69) is 134 Å². The summed E-state index contributed by atoms with van der Waals surface area (Å²) in [7, 11) is 0. The van der Waals surface area contributed by atoms with Gasteiger partial charge in [0.2, 0.25) is 5.69 Å². The molecule has 0 radical (unpaired) electrons. The fourth-order valence-electron chi connectivity index (χ4n) is 9.16. The van der Waals surface area contributed by atoms with Crippen LogP contribution in [0.25, 0.3) is 109 Å². The van der Waals surface area contributed by atoms with Gasteiger partial charge in [0.25, 0.3) is 0 Å². The normalized spacial score (nSPS) is 11.9. The molecule has 0 aliphatic carbocycles. The van der Waals surface area contributed by atoms with E-state index >= 15 is 0 Å². The molecule has 6 heteroatoms. The molecule has 0 aliphatic rings. The molecule has 8 aromatic carbocycles. The molecule has 12 rings (SSSR count). The number of para-hydroxylation sites is 5. The number of benzene rings is 8. The number of fused-ring (bicyclic) bond motifs is 13. The summed E-state index contributed by atoms with van der Waals surface area (Å²) >= 11 is 0. The third kappa shape index (κ3) is 3.97. The summed E-state index contributed by atoms with van der Waals surface area (Å²) in [5.41, 5.74) is 11.0. The third-order valence-corrected chi connectivity index (χ3v) is 11.5. The predicted octanol–water partition coefficient (Wildman–Crippen LogP) is 13.3. The van der Waals surface area contributed by atoms with Gasteiger partial charge in [-0.15, -0.1) is 0 Å². The van der Waals surface area contributed by atoms with Gasteiger partial charge < -0.3 is 18.1 Å². The molecule has 0 aliphatic heterocycles. The van der Waals surface area contributed by atoms with Crippen LogP contribution in [0.2, 0.25) is 0 Å². The van der Waals surface area contributed by atoms with Crippen LogP contribution < -0.4 is 0 Å². The highest BCUT2D eigenvalue weighted by molar-refractivity contribution is 6.24. The number of aromatic nitrogens is 3. The van der Waals surface area contributed by atoms with Crippen molar-refractivity contribution in [2.45, 2.75) is 0 Å². The second-order valence-electron chi connectivity index (χ2n) is 14.3. The van der Waals surface area contributed by atoms with Crippen LogP contribution in [0.1, 0.15) is 5.56 Å². The highest BCUT2D eigenvalue weighted by Gasteiger charge is 2.24. The topological polar surface area (TPSA) is 56.1 Å². The lowest BCUT2D eigenvalue weighted by Crippen LogP contribution is -2.02. The lowest BCUT2D eigenvalue weighted by atomic mass is 10.1. The lowest BCUT2D eigenvalue weighted by molar-refractivity contribution is 0.673. The number of hydrogen-bond donors (Lipinski definition) is 0. The predicted molar refractivity (Wildman–Crippen MR) is 228 cm³/mol. The van der Waals surface area contributed by atoms with E-state index in [9.17, 15) is 5.26 Å². The third-order valence-electron chi connectivity index (χ3n) is 11.5. The summed E-state index contributed by atoms with van der Waals surface area (Å²) in [5, 5.41) is 19.4. The number of nitriles is 1. The minimum Gasteiger partial charge on any atom is -0.455 e. The number of nitrogens with zero attached hydrogens (tertiary/aromatic N) is 5. The molecule has 4 heterocycles. The Morgan fingerprint density at radius 1 is 0.464 bits per heavy atom. The van der Waals surface area contributed by atoms with Crippen LogP contribution >= 0.6 is 0 Å². The van der Waals surface area contributed by atoms with E-state index < -0.39 is 0 Å². The standard InChI is InChI=1S/C50H27N5O/c1-52-39-26-30(29-51)46(28-47(39)54-42-19-9-4-14-34(42)35-15-5-10-20-43(35)54)55-44-24-22-31(53-40-17-7-2-12-32(40)33-13-3-8-18-41(33)53)27-38(44)49-45(55)25-23-37-36-16-6-11-21-48(36)56-50(37)49/h2-28H. The Bertz CT molecular complexity index is 3640. The smallest absolute Gasteiger partial charge is 0.212 e. The molecule has 0 saturated carbocycles. The van der Waals surface area contributed by atoms with Crippen LogP contribution in [-0.2, 0) is 0 Å². The molecule has 0 amide bonds. The second-order valence-corrected chi connectivity index (χ2v) is 14.3. The van der Waals surface area contributed by atoms with E-state index in [1.54, 1.807) is 6.07 Å². The number of rotatable bonds is 3. The van der Waals surface area contributed by atoms with Crippen molar-refractivity contribution in [3.05, 3.63) is 181 Å². The first kappa shape index (κ1) is 30.4. The summed E-state index contributed by atoms with van der Waals surface area (Å²) in [4.78, 5) is 4.00. The molecule has 0 N–H and O–H groups in total. The molecule has 0 fully saturated rings. The van der Waals surface area contributed by atoms with Gasteiger partial charge >= 0.3 is 0 Å². The van der Waals surface area contributed by atoms with Gasteiger partial charge in [0.1, 0.15) is 11.2 Å². The minimum atomic E-state index is 0.408. The molecule has 12 aromatic rings. The maximum Gasteiger partial charge on any atom is 0.212 e. The molecule has 0 unspecified atom stereocenters. The van der Waals surface area contributed by atoms with E-state index in [0.29, 0.717) is 22.6 Å². The van der Waals surface area contributed by atoms with Crippen LogP contribution in [-0.4, -0.2) is 13.7 Å². The van der Waals surface area contributed by atoms with Crippen LogP contribution in [0.5, 0.6) is 0 Å². The summed E-state index contributed by atoms with van der Waals surface area (Å²) in [6.45, 7) is 8.31. The van der Waals surface area contributed by atoms with Crippen molar-refractivity contribution in [1.29, 1.82) is 5.26 Å².